The zero-order valence-electron chi connectivity index (χ0n) is 6.44. The summed E-state index contributed by atoms with van der Waals surface area (Å²) in [6, 6.07) is 0. The monoisotopic (exact) mass is 159 g/mol. The molecule has 0 aromatic carbocycles. The molecule has 1 rings (SSSR count). The summed E-state index contributed by atoms with van der Waals surface area (Å²) in [5.74, 6) is 0.0836. The molecule has 0 aromatic heterocycles. The summed E-state index contributed by atoms with van der Waals surface area (Å²) >= 11 is 1.87. The highest BCUT2D eigenvalue weighted by molar-refractivity contribution is 8.00. The molecule has 1 aliphatic carbocycles. The first-order valence-electron chi connectivity index (χ1n) is 3.48. The lowest BCUT2D eigenvalue weighted by molar-refractivity contribution is -0.118. The van der Waals surface area contributed by atoms with Crippen LogP contribution in [0.15, 0.2) is 0 Å². The van der Waals surface area contributed by atoms with Crippen molar-refractivity contribution >= 4 is 17.7 Å². The van der Waals surface area contributed by atoms with Gasteiger partial charge in [0.25, 0.3) is 0 Å². The number of hydrogen-bond acceptors (Lipinski definition) is 2. The van der Waals surface area contributed by atoms with E-state index in [9.17, 15) is 4.79 Å². The van der Waals surface area contributed by atoms with E-state index in [0.29, 0.717) is 4.75 Å². The minimum absolute atomic E-state index is 0.0836. The minimum Gasteiger partial charge on any atom is -0.355 e. The van der Waals surface area contributed by atoms with E-state index in [1.807, 2.05) is 11.8 Å². The minimum atomic E-state index is 0.0836. The Kier molecular flexibility index (Phi) is 2.24. The molecule has 0 unspecified atom stereocenters. The SMILES string of the molecule is CSC1(CNC(C)=O)CC1. The van der Waals surface area contributed by atoms with Crippen molar-refractivity contribution in [1.29, 1.82) is 0 Å². The van der Waals surface area contributed by atoms with E-state index < -0.39 is 0 Å². The van der Waals surface area contributed by atoms with Gasteiger partial charge in [-0.15, -0.1) is 0 Å². The molecule has 0 aromatic rings. The van der Waals surface area contributed by atoms with Crippen LogP contribution in [0.25, 0.3) is 0 Å². The van der Waals surface area contributed by atoms with Crippen molar-refractivity contribution in [2.24, 2.45) is 0 Å². The molecule has 0 atom stereocenters. The van der Waals surface area contributed by atoms with Crippen LogP contribution in [0.1, 0.15) is 19.8 Å². The molecule has 1 N–H and O–H groups in total. The molecule has 1 amide bonds. The number of thioether (sulfide) groups is 1. The number of carbonyl (C=O) groups excluding carboxylic acids is 1. The Morgan fingerprint density at radius 3 is 2.60 bits per heavy atom. The Hall–Kier alpha value is -0.180. The highest BCUT2D eigenvalue weighted by Gasteiger charge is 2.41. The Labute approximate surface area is 65.8 Å². The molecule has 1 fully saturated rings. The van der Waals surface area contributed by atoms with Crippen molar-refractivity contribution in [3.8, 4) is 0 Å². The van der Waals surface area contributed by atoms with Gasteiger partial charge in [0.05, 0.1) is 0 Å². The average Bonchev–Trinajstić information content (AvgIpc) is 2.64. The van der Waals surface area contributed by atoms with Gasteiger partial charge in [0.1, 0.15) is 0 Å². The third-order valence-electron chi connectivity index (χ3n) is 1.90. The molecule has 0 aliphatic heterocycles. The van der Waals surface area contributed by atoms with E-state index in [-0.39, 0.29) is 5.91 Å². The van der Waals surface area contributed by atoms with E-state index in [4.69, 9.17) is 0 Å². The highest BCUT2D eigenvalue weighted by Crippen LogP contribution is 2.46. The number of hydrogen-bond donors (Lipinski definition) is 1. The quantitative estimate of drug-likeness (QED) is 0.666. The first-order valence-corrected chi connectivity index (χ1v) is 4.71. The van der Waals surface area contributed by atoms with Crippen LogP contribution < -0.4 is 5.32 Å². The second-order valence-corrected chi connectivity index (χ2v) is 4.07. The van der Waals surface area contributed by atoms with Crippen molar-refractivity contribution in [3.63, 3.8) is 0 Å². The number of carbonyl (C=O) groups is 1. The molecule has 0 radical (unpaired) electrons. The second-order valence-electron chi connectivity index (χ2n) is 2.80. The smallest absolute Gasteiger partial charge is 0.216 e. The zero-order chi connectivity index (χ0) is 7.61. The number of amides is 1. The van der Waals surface area contributed by atoms with E-state index in [1.54, 1.807) is 6.92 Å². The summed E-state index contributed by atoms with van der Waals surface area (Å²) in [5.41, 5.74) is 0. The van der Waals surface area contributed by atoms with E-state index in [0.717, 1.165) is 6.54 Å². The lowest BCUT2D eigenvalue weighted by atomic mass is 10.4. The maximum absolute atomic E-state index is 10.5. The Bertz CT molecular complexity index is 143. The lowest BCUT2D eigenvalue weighted by Crippen LogP contribution is -2.29. The fraction of sp³-hybridized carbons (Fsp3) is 0.857. The van der Waals surface area contributed by atoms with Crippen LogP contribution >= 0.6 is 11.8 Å². The van der Waals surface area contributed by atoms with E-state index >= 15 is 0 Å². The summed E-state index contributed by atoms with van der Waals surface area (Å²) < 4.78 is 0.408. The summed E-state index contributed by atoms with van der Waals surface area (Å²) in [6.07, 6.45) is 4.62. The molecule has 1 aliphatic rings. The van der Waals surface area contributed by atoms with Crippen LogP contribution in [0, 0.1) is 0 Å². The molecular formula is C7H13NOS. The van der Waals surface area contributed by atoms with Gasteiger partial charge in [0.2, 0.25) is 5.91 Å². The van der Waals surface area contributed by atoms with Gasteiger partial charge in [-0.3, -0.25) is 4.79 Å². The Morgan fingerprint density at radius 2 is 2.30 bits per heavy atom. The Morgan fingerprint density at radius 1 is 1.70 bits per heavy atom. The molecule has 3 heteroatoms. The van der Waals surface area contributed by atoms with Crippen molar-refractivity contribution in [1.82, 2.24) is 5.32 Å². The Balaban J connectivity index is 2.19. The molecule has 2 nitrogen and oxygen atoms in total. The van der Waals surface area contributed by atoms with E-state index in [2.05, 4.69) is 11.6 Å². The van der Waals surface area contributed by atoms with E-state index in [1.165, 1.54) is 12.8 Å². The first-order chi connectivity index (χ1) is 4.68. The predicted octanol–water partition coefficient (Wildman–Crippen LogP) is 1.02. The van der Waals surface area contributed by atoms with Crippen LogP contribution in [0.3, 0.4) is 0 Å². The van der Waals surface area contributed by atoms with Crippen LogP contribution in [0.2, 0.25) is 0 Å². The summed E-state index contributed by atoms with van der Waals surface area (Å²) in [6.45, 7) is 2.42. The lowest BCUT2D eigenvalue weighted by Gasteiger charge is -2.10. The maximum Gasteiger partial charge on any atom is 0.216 e. The van der Waals surface area contributed by atoms with Crippen LogP contribution in [-0.4, -0.2) is 23.5 Å². The van der Waals surface area contributed by atoms with Crippen molar-refractivity contribution in [2.45, 2.75) is 24.5 Å². The molecule has 0 saturated heterocycles. The molecule has 1 saturated carbocycles. The topological polar surface area (TPSA) is 29.1 Å². The fourth-order valence-electron chi connectivity index (χ4n) is 0.878. The summed E-state index contributed by atoms with van der Waals surface area (Å²) in [5, 5.41) is 2.84. The van der Waals surface area contributed by atoms with Gasteiger partial charge in [-0.05, 0) is 19.1 Å². The third-order valence-corrected chi connectivity index (χ3v) is 3.32. The number of nitrogens with one attached hydrogen (secondary N) is 1. The van der Waals surface area contributed by atoms with Crippen molar-refractivity contribution in [2.75, 3.05) is 12.8 Å². The third kappa shape index (κ3) is 1.90. The molecule has 0 heterocycles. The van der Waals surface area contributed by atoms with Gasteiger partial charge in [-0.1, -0.05) is 0 Å². The van der Waals surface area contributed by atoms with Gasteiger partial charge in [-0.25, -0.2) is 0 Å². The molecule has 10 heavy (non-hydrogen) atoms. The van der Waals surface area contributed by atoms with Gasteiger partial charge in [0, 0.05) is 18.2 Å². The molecule has 58 valence electrons. The fourth-order valence-corrected chi connectivity index (χ4v) is 1.60. The maximum atomic E-state index is 10.5. The first kappa shape index (κ1) is 7.92. The summed E-state index contributed by atoms with van der Waals surface area (Å²) in [4.78, 5) is 10.5. The van der Waals surface area contributed by atoms with Crippen LogP contribution in [-0.2, 0) is 4.79 Å². The van der Waals surface area contributed by atoms with Crippen LogP contribution in [0.5, 0.6) is 0 Å². The standard InChI is InChI=1S/C7H13NOS/c1-6(9)8-5-7(10-2)3-4-7/h3-5H2,1-2H3,(H,8,9). The zero-order valence-corrected chi connectivity index (χ0v) is 7.25. The van der Waals surface area contributed by atoms with Crippen LogP contribution in [0.4, 0.5) is 0 Å². The molecule has 0 bridgehead atoms. The van der Waals surface area contributed by atoms with Gasteiger partial charge in [0.15, 0.2) is 0 Å². The van der Waals surface area contributed by atoms with Gasteiger partial charge < -0.3 is 5.32 Å². The summed E-state index contributed by atoms with van der Waals surface area (Å²) in [7, 11) is 0. The van der Waals surface area contributed by atoms with Gasteiger partial charge >= 0.3 is 0 Å². The number of rotatable bonds is 3. The molecule has 0 spiro atoms. The second kappa shape index (κ2) is 2.82. The average molecular weight is 159 g/mol. The van der Waals surface area contributed by atoms with Gasteiger partial charge in [-0.2, -0.15) is 11.8 Å². The van der Waals surface area contributed by atoms with Crippen molar-refractivity contribution < 1.29 is 4.79 Å². The normalized spacial score (nSPS) is 20.2. The van der Waals surface area contributed by atoms with Crippen molar-refractivity contribution in [3.05, 3.63) is 0 Å². The predicted molar refractivity (Wildman–Crippen MR) is 44.2 cm³/mol. The largest absolute Gasteiger partial charge is 0.355 e. The molecular weight excluding hydrogens is 146 g/mol. The highest BCUT2D eigenvalue weighted by atomic mass is 32.2.